The van der Waals surface area contributed by atoms with E-state index in [2.05, 4.69) is 5.32 Å². The average molecular weight is 344 g/mol. The second kappa shape index (κ2) is 8.82. The van der Waals surface area contributed by atoms with Crippen LogP contribution in [0.25, 0.3) is 6.08 Å². The molecule has 2 rings (SSSR count). The minimum absolute atomic E-state index is 0.242. The number of hydrogen-bond acceptors (Lipinski definition) is 5. The molecule has 6 nitrogen and oxygen atoms in total. The molecule has 0 bridgehead atoms. The van der Waals surface area contributed by atoms with Crippen LogP contribution in [-0.2, 0) is 9.53 Å². The molecule has 1 aromatic carbocycles. The largest absolute Gasteiger partial charge is 0.501 e. The molecular weight excluding hydrogens is 322 g/mol. The predicted octanol–water partition coefficient (Wildman–Crippen LogP) is 2.86. The molecule has 6 heteroatoms. The summed E-state index contributed by atoms with van der Waals surface area (Å²) in [7, 11) is 6.27. The van der Waals surface area contributed by atoms with Crippen LogP contribution in [0.5, 0.6) is 17.2 Å². The summed E-state index contributed by atoms with van der Waals surface area (Å²) >= 11 is 0. The SMILES string of the molecule is COC1=CC=C(NC(=O)/C=C/c2c(OC)cc(OC)cc2OC)C[CH]1. The lowest BCUT2D eigenvalue weighted by atomic mass is 10.1. The molecule has 0 atom stereocenters. The minimum atomic E-state index is -0.242. The van der Waals surface area contributed by atoms with Crippen LogP contribution >= 0.6 is 0 Å². The first-order valence-corrected chi connectivity index (χ1v) is 7.68. The van der Waals surface area contributed by atoms with Crippen LogP contribution in [0.3, 0.4) is 0 Å². The number of rotatable bonds is 7. The molecule has 1 radical (unpaired) electrons. The maximum Gasteiger partial charge on any atom is 0.248 e. The van der Waals surface area contributed by atoms with Gasteiger partial charge in [-0.25, -0.2) is 0 Å². The second-order valence-electron chi connectivity index (χ2n) is 5.14. The number of hydrogen-bond donors (Lipinski definition) is 1. The summed E-state index contributed by atoms with van der Waals surface area (Å²) in [6.07, 6.45) is 9.21. The number of methoxy groups -OCH3 is 4. The highest BCUT2D eigenvalue weighted by Gasteiger charge is 2.12. The first-order valence-electron chi connectivity index (χ1n) is 7.68. The Hall–Kier alpha value is -2.89. The van der Waals surface area contributed by atoms with Gasteiger partial charge >= 0.3 is 0 Å². The van der Waals surface area contributed by atoms with E-state index in [1.165, 1.54) is 6.08 Å². The third-order valence-electron chi connectivity index (χ3n) is 3.65. The van der Waals surface area contributed by atoms with Crippen LogP contribution < -0.4 is 19.5 Å². The molecule has 0 saturated heterocycles. The Kier molecular flexibility index (Phi) is 6.51. The number of amides is 1. The van der Waals surface area contributed by atoms with Gasteiger partial charge in [0.25, 0.3) is 0 Å². The zero-order valence-corrected chi connectivity index (χ0v) is 14.8. The molecular formula is C19H22NO5. The van der Waals surface area contributed by atoms with Gasteiger partial charge in [0.2, 0.25) is 5.91 Å². The van der Waals surface area contributed by atoms with Gasteiger partial charge in [0.05, 0.1) is 39.8 Å². The van der Waals surface area contributed by atoms with Crippen molar-refractivity contribution in [2.45, 2.75) is 6.42 Å². The summed E-state index contributed by atoms with van der Waals surface area (Å²) in [5.41, 5.74) is 1.45. The first kappa shape index (κ1) is 18.4. The van der Waals surface area contributed by atoms with E-state index in [1.807, 2.05) is 12.5 Å². The van der Waals surface area contributed by atoms with Crippen LogP contribution in [0.1, 0.15) is 12.0 Å². The second-order valence-corrected chi connectivity index (χ2v) is 5.14. The molecule has 0 saturated carbocycles. The van der Waals surface area contributed by atoms with Crippen molar-refractivity contribution in [3.8, 4) is 17.2 Å². The zero-order chi connectivity index (χ0) is 18.2. The standard InChI is InChI=1S/C19H22NO5/c1-22-14-7-5-13(6-8-14)20-19(21)10-9-16-17(24-3)11-15(23-2)12-18(16)25-4/h5,7-12H,6H2,1-4H3,(H,20,21)/b10-9+. The summed E-state index contributed by atoms with van der Waals surface area (Å²) in [6.45, 7) is 0. The quantitative estimate of drug-likeness (QED) is 0.771. The smallest absolute Gasteiger partial charge is 0.248 e. The van der Waals surface area contributed by atoms with Gasteiger partial charge in [-0.15, -0.1) is 0 Å². The summed E-state index contributed by atoms with van der Waals surface area (Å²) < 4.78 is 21.0. The molecule has 0 heterocycles. The number of carbonyl (C=O) groups excluding carboxylic acids is 1. The van der Waals surface area contributed by atoms with Crippen molar-refractivity contribution in [1.29, 1.82) is 0 Å². The lowest BCUT2D eigenvalue weighted by molar-refractivity contribution is -0.115. The fraction of sp³-hybridized carbons (Fsp3) is 0.263. The molecule has 1 aromatic rings. The first-order chi connectivity index (χ1) is 12.1. The molecule has 1 amide bonds. The molecule has 25 heavy (non-hydrogen) atoms. The predicted molar refractivity (Wildman–Crippen MR) is 95.4 cm³/mol. The highest BCUT2D eigenvalue weighted by atomic mass is 16.5. The number of carbonyl (C=O) groups is 1. The van der Waals surface area contributed by atoms with E-state index in [9.17, 15) is 4.79 Å². The van der Waals surface area contributed by atoms with Crippen molar-refractivity contribution >= 4 is 12.0 Å². The van der Waals surface area contributed by atoms with Crippen LogP contribution in [0.2, 0.25) is 0 Å². The van der Waals surface area contributed by atoms with Crippen molar-refractivity contribution in [3.05, 3.63) is 53.8 Å². The Morgan fingerprint density at radius 1 is 1.00 bits per heavy atom. The average Bonchev–Trinajstić information content (AvgIpc) is 2.66. The molecule has 0 unspecified atom stereocenters. The number of allylic oxidation sites excluding steroid dienone is 4. The van der Waals surface area contributed by atoms with E-state index < -0.39 is 0 Å². The summed E-state index contributed by atoms with van der Waals surface area (Å²) in [4.78, 5) is 12.1. The highest BCUT2D eigenvalue weighted by molar-refractivity contribution is 5.93. The Balaban J connectivity index is 2.14. The van der Waals surface area contributed by atoms with Crippen molar-refractivity contribution in [1.82, 2.24) is 5.32 Å². The van der Waals surface area contributed by atoms with Gasteiger partial charge in [-0.3, -0.25) is 4.79 Å². The van der Waals surface area contributed by atoms with E-state index in [0.29, 0.717) is 29.2 Å². The van der Waals surface area contributed by atoms with E-state index in [4.69, 9.17) is 18.9 Å². The van der Waals surface area contributed by atoms with E-state index in [0.717, 1.165) is 11.5 Å². The molecule has 1 aliphatic carbocycles. The van der Waals surface area contributed by atoms with Crippen LogP contribution in [0.15, 0.2) is 41.8 Å². The van der Waals surface area contributed by atoms with Gasteiger partial charge in [0.1, 0.15) is 17.2 Å². The van der Waals surface area contributed by atoms with Crippen molar-refractivity contribution in [2.75, 3.05) is 28.4 Å². The lowest BCUT2D eigenvalue weighted by Crippen LogP contribution is -2.21. The van der Waals surface area contributed by atoms with Crippen molar-refractivity contribution in [2.24, 2.45) is 0 Å². The topological polar surface area (TPSA) is 66.0 Å². The van der Waals surface area contributed by atoms with E-state index in [-0.39, 0.29) is 5.91 Å². The molecule has 0 spiro atoms. The monoisotopic (exact) mass is 344 g/mol. The summed E-state index contributed by atoms with van der Waals surface area (Å²) in [6, 6.07) is 3.46. The zero-order valence-electron chi connectivity index (χ0n) is 14.8. The molecule has 0 aromatic heterocycles. The Bertz CT molecular complexity index is 694. The van der Waals surface area contributed by atoms with Crippen molar-refractivity contribution < 1.29 is 23.7 Å². The fourth-order valence-corrected chi connectivity index (χ4v) is 2.33. The third-order valence-corrected chi connectivity index (χ3v) is 3.65. The van der Waals surface area contributed by atoms with Gasteiger partial charge in [-0.05, 0) is 24.6 Å². The van der Waals surface area contributed by atoms with Gasteiger partial charge in [0.15, 0.2) is 0 Å². The maximum atomic E-state index is 12.1. The Labute approximate surface area is 147 Å². The number of ether oxygens (including phenoxy) is 4. The minimum Gasteiger partial charge on any atom is -0.501 e. The van der Waals surface area contributed by atoms with Crippen LogP contribution in [-0.4, -0.2) is 34.3 Å². The van der Waals surface area contributed by atoms with Crippen molar-refractivity contribution in [3.63, 3.8) is 0 Å². The molecule has 1 N–H and O–H groups in total. The molecule has 0 aliphatic heterocycles. The fourth-order valence-electron chi connectivity index (χ4n) is 2.33. The Morgan fingerprint density at radius 3 is 2.16 bits per heavy atom. The van der Waals surface area contributed by atoms with Crippen LogP contribution in [0.4, 0.5) is 0 Å². The highest BCUT2D eigenvalue weighted by Crippen LogP contribution is 2.34. The summed E-state index contributed by atoms with van der Waals surface area (Å²) in [5, 5.41) is 2.83. The Morgan fingerprint density at radius 2 is 1.68 bits per heavy atom. The maximum absolute atomic E-state index is 12.1. The molecule has 0 fully saturated rings. The third kappa shape index (κ3) is 4.79. The molecule has 1 aliphatic rings. The van der Waals surface area contributed by atoms with E-state index >= 15 is 0 Å². The van der Waals surface area contributed by atoms with Gasteiger partial charge < -0.3 is 24.3 Å². The number of benzene rings is 1. The summed E-state index contributed by atoms with van der Waals surface area (Å²) in [5.74, 6) is 2.25. The van der Waals surface area contributed by atoms with Gasteiger partial charge in [-0.2, -0.15) is 0 Å². The normalized spacial score (nSPS) is 13.8. The van der Waals surface area contributed by atoms with Gasteiger partial charge in [-0.1, -0.05) is 0 Å². The lowest BCUT2D eigenvalue weighted by Gasteiger charge is -2.14. The molecule has 133 valence electrons. The van der Waals surface area contributed by atoms with Gasteiger partial charge in [0, 0.05) is 30.3 Å². The number of nitrogens with one attached hydrogen (secondary N) is 1. The van der Waals surface area contributed by atoms with Crippen LogP contribution in [0, 0.1) is 6.42 Å². The van der Waals surface area contributed by atoms with E-state index in [1.54, 1.807) is 52.7 Å².